The topological polar surface area (TPSA) is 3.24 Å². The van der Waals surface area contributed by atoms with Gasteiger partial charge in [-0.3, -0.25) is 0 Å². The van der Waals surface area contributed by atoms with Gasteiger partial charge < -0.3 is 4.90 Å². The van der Waals surface area contributed by atoms with Crippen molar-refractivity contribution in [2.45, 2.75) is 25.2 Å². The molecule has 0 aliphatic carbocycles. The second-order valence-corrected chi connectivity index (χ2v) is 11.0. The number of benzene rings is 1. The molecule has 1 atom stereocenters. The predicted molar refractivity (Wildman–Crippen MR) is 73.5 cm³/mol. The van der Waals surface area contributed by atoms with E-state index in [2.05, 4.69) is 55.9 Å². The summed E-state index contributed by atoms with van der Waals surface area (Å²) in [6.07, 6.45) is 0. The van der Waals surface area contributed by atoms with Gasteiger partial charge in [0.15, 0.2) is 0 Å². The second-order valence-electron chi connectivity index (χ2n) is 5.26. The predicted octanol–water partition coefficient (Wildman–Crippen LogP) is 3.42. The van der Waals surface area contributed by atoms with E-state index in [0.29, 0.717) is 5.54 Å². The van der Waals surface area contributed by atoms with Crippen LogP contribution in [0.2, 0.25) is 19.6 Å². The average molecular weight is 235 g/mol. The maximum atomic E-state index is 5.58. The normalized spacial score (nSPS) is 20.7. The Morgan fingerprint density at radius 2 is 1.80 bits per heavy atom. The Hall–Kier alpha value is -0.673. The van der Waals surface area contributed by atoms with Crippen molar-refractivity contribution in [3.63, 3.8) is 0 Å². The fourth-order valence-corrected chi connectivity index (χ4v) is 5.72. The number of para-hydroxylation sites is 1. The number of likely N-dealkylation sites (N-methyl/N-ethyl adjacent to an activating group) is 1. The van der Waals surface area contributed by atoms with Crippen LogP contribution < -0.4 is 4.90 Å². The molecular weight excluding hydrogens is 218 g/mol. The van der Waals surface area contributed by atoms with Crippen LogP contribution in [0.1, 0.15) is 11.1 Å². The Kier molecular flexibility index (Phi) is 2.47. The molecule has 0 N–H and O–H groups in total. The first-order valence-electron chi connectivity index (χ1n) is 5.29. The van der Waals surface area contributed by atoms with Crippen LogP contribution >= 0.6 is 12.2 Å². The van der Waals surface area contributed by atoms with Crippen molar-refractivity contribution in [1.29, 1.82) is 0 Å². The zero-order chi connectivity index (χ0) is 11.2. The maximum absolute atomic E-state index is 5.58. The van der Waals surface area contributed by atoms with Gasteiger partial charge in [0, 0.05) is 18.3 Å². The monoisotopic (exact) mass is 235 g/mol. The molecule has 0 aromatic heterocycles. The van der Waals surface area contributed by atoms with E-state index in [1.807, 2.05) is 0 Å². The Morgan fingerprint density at radius 1 is 1.20 bits per heavy atom. The Balaban J connectivity index is 2.57. The summed E-state index contributed by atoms with van der Waals surface area (Å²) in [4.78, 5) is 3.28. The summed E-state index contributed by atoms with van der Waals surface area (Å²) in [6.45, 7) is 7.17. The Bertz CT molecular complexity index is 408. The lowest BCUT2D eigenvalue weighted by Gasteiger charge is -2.25. The van der Waals surface area contributed by atoms with E-state index < -0.39 is 8.07 Å². The minimum Gasteiger partial charge on any atom is -0.339 e. The van der Waals surface area contributed by atoms with Crippen molar-refractivity contribution in [3.8, 4) is 0 Å². The van der Waals surface area contributed by atoms with Crippen molar-refractivity contribution in [2.24, 2.45) is 0 Å². The van der Waals surface area contributed by atoms with Crippen molar-refractivity contribution >= 4 is 31.0 Å². The fourth-order valence-electron chi connectivity index (χ4n) is 2.32. The van der Waals surface area contributed by atoms with Gasteiger partial charge in [0.25, 0.3) is 0 Å². The molecule has 1 unspecified atom stereocenters. The number of rotatable bonds is 1. The van der Waals surface area contributed by atoms with E-state index in [4.69, 9.17) is 12.2 Å². The summed E-state index contributed by atoms with van der Waals surface area (Å²) >= 11 is 5.58. The smallest absolute Gasteiger partial charge is 0.0869 e. The Labute approximate surface area is 98.1 Å². The molecule has 1 heterocycles. The van der Waals surface area contributed by atoms with Crippen molar-refractivity contribution in [2.75, 3.05) is 11.9 Å². The van der Waals surface area contributed by atoms with Gasteiger partial charge in [0.05, 0.1) is 13.1 Å². The molecule has 1 aliphatic rings. The van der Waals surface area contributed by atoms with Gasteiger partial charge in [-0.05, 0) is 11.6 Å². The highest BCUT2D eigenvalue weighted by Crippen LogP contribution is 2.41. The van der Waals surface area contributed by atoms with Gasteiger partial charge in [-0.15, -0.1) is 0 Å². The van der Waals surface area contributed by atoms with Crippen LogP contribution in [0.5, 0.6) is 0 Å². The first kappa shape index (κ1) is 10.8. The molecule has 80 valence electrons. The highest BCUT2D eigenvalue weighted by Gasteiger charge is 2.40. The molecule has 0 saturated heterocycles. The van der Waals surface area contributed by atoms with Crippen molar-refractivity contribution in [3.05, 3.63) is 29.8 Å². The summed E-state index contributed by atoms with van der Waals surface area (Å²) in [5, 5.41) is 0. The quantitative estimate of drug-likeness (QED) is 0.542. The average Bonchev–Trinajstić information content (AvgIpc) is 2.39. The lowest BCUT2D eigenvalue weighted by atomic mass is 10.2. The lowest BCUT2D eigenvalue weighted by molar-refractivity contribution is 1.25. The molecule has 1 aromatic carbocycles. The van der Waals surface area contributed by atoms with E-state index in [1.165, 1.54) is 11.3 Å². The molecule has 0 radical (unpaired) electrons. The van der Waals surface area contributed by atoms with E-state index in [-0.39, 0.29) is 0 Å². The number of hydrogen-bond donors (Lipinski definition) is 0. The maximum Gasteiger partial charge on any atom is 0.0869 e. The molecule has 1 aromatic rings. The van der Waals surface area contributed by atoms with Crippen molar-refractivity contribution in [1.82, 2.24) is 0 Å². The second kappa shape index (κ2) is 3.42. The molecular formula is C12H17NSSi. The number of nitrogens with zero attached hydrogens (tertiary/aromatic N) is 1. The van der Waals surface area contributed by atoms with E-state index in [0.717, 1.165) is 4.99 Å². The molecule has 15 heavy (non-hydrogen) atoms. The van der Waals surface area contributed by atoms with Crippen molar-refractivity contribution < 1.29 is 0 Å². The summed E-state index contributed by atoms with van der Waals surface area (Å²) in [5.41, 5.74) is 3.24. The third-order valence-corrected chi connectivity index (χ3v) is 6.09. The van der Waals surface area contributed by atoms with Gasteiger partial charge in [-0.2, -0.15) is 0 Å². The molecule has 0 saturated carbocycles. The number of fused-ring (bicyclic) bond motifs is 1. The van der Waals surface area contributed by atoms with E-state index in [9.17, 15) is 0 Å². The van der Waals surface area contributed by atoms with Crippen LogP contribution in [0.3, 0.4) is 0 Å². The fraction of sp³-hybridized carbons (Fsp3) is 0.417. The van der Waals surface area contributed by atoms with E-state index >= 15 is 0 Å². The largest absolute Gasteiger partial charge is 0.339 e. The number of anilines is 1. The first-order valence-corrected chi connectivity index (χ1v) is 9.28. The number of thiocarbonyl (C=S) groups is 1. The minimum absolute atomic E-state index is 0.508. The first-order chi connectivity index (χ1) is 6.93. The molecule has 0 bridgehead atoms. The molecule has 1 nitrogen and oxygen atoms in total. The molecule has 0 spiro atoms. The molecule has 0 amide bonds. The molecule has 0 fully saturated rings. The zero-order valence-electron chi connectivity index (χ0n) is 9.74. The van der Waals surface area contributed by atoms with Gasteiger partial charge >= 0.3 is 0 Å². The summed E-state index contributed by atoms with van der Waals surface area (Å²) in [5.74, 6) is 0. The van der Waals surface area contributed by atoms with Gasteiger partial charge in [-0.1, -0.05) is 50.1 Å². The lowest BCUT2D eigenvalue weighted by Crippen LogP contribution is -2.37. The van der Waals surface area contributed by atoms with Crippen LogP contribution in [0.15, 0.2) is 24.3 Å². The van der Waals surface area contributed by atoms with Crippen LogP contribution in [-0.2, 0) is 0 Å². The summed E-state index contributed by atoms with van der Waals surface area (Å²) in [7, 11) is 0.821. The van der Waals surface area contributed by atoms with Crippen LogP contribution in [-0.4, -0.2) is 20.1 Å². The van der Waals surface area contributed by atoms with Gasteiger partial charge in [0.2, 0.25) is 0 Å². The Morgan fingerprint density at radius 3 is 2.40 bits per heavy atom. The van der Waals surface area contributed by atoms with Crippen LogP contribution in [0, 0.1) is 0 Å². The molecule has 1 aliphatic heterocycles. The van der Waals surface area contributed by atoms with E-state index in [1.54, 1.807) is 0 Å². The van der Waals surface area contributed by atoms with Gasteiger partial charge in [0.1, 0.15) is 0 Å². The summed E-state index contributed by atoms with van der Waals surface area (Å²) in [6, 6.07) is 8.61. The van der Waals surface area contributed by atoms with Gasteiger partial charge in [-0.25, -0.2) is 0 Å². The highest BCUT2D eigenvalue weighted by molar-refractivity contribution is 7.81. The van der Waals surface area contributed by atoms with Crippen LogP contribution in [0.25, 0.3) is 0 Å². The zero-order valence-corrected chi connectivity index (χ0v) is 11.6. The summed E-state index contributed by atoms with van der Waals surface area (Å²) < 4.78 is 0. The SMILES string of the molecule is CN1C(=S)C([Si](C)(C)C)c2ccccc21. The molecule has 3 heteroatoms. The molecule has 2 rings (SSSR count). The standard InChI is InChI=1S/C12H17NSSi/c1-13-10-8-6-5-7-9(10)11(12(13)14)15(2,3)4/h5-8,11H,1-4H3. The minimum atomic E-state index is -1.26. The third kappa shape index (κ3) is 1.64. The highest BCUT2D eigenvalue weighted by atomic mass is 32.1. The third-order valence-electron chi connectivity index (χ3n) is 3.05. The van der Waals surface area contributed by atoms with Crippen LogP contribution in [0.4, 0.5) is 5.69 Å². The number of hydrogen-bond acceptors (Lipinski definition) is 1.